The highest BCUT2D eigenvalue weighted by atomic mass is 127. The second-order valence-corrected chi connectivity index (χ2v) is 6.89. The van der Waals surface area contributed by atoms with E-state index in [1.165, 1.54) is 5.56 Å². The van der Waals surface area contributed by atoms with E-state index in [2.05, 4.69) is 33.8 Å². The zero-order chi connectivity index (χ0) is 18.5. The summed E-state index contributed by atoms with van der Waals surface area (Å²) in [7, 11) is 5.76. The van der Waals surface area contributed by atoms with Crippen LogP contribution in [0.3, 0.4) is 0 Å². The number of benzene rings is 1. The number of nitriles is 1. The van der Waals surface area contributed by atoms with Crippen LogP contribution >= 0.6 is 24.0 Å². The maximum absolute atomic E-state index is 9.27. The van der Waals surface area contributed by atoms with Gasteiger partial charge in [0.1, 0.15) is 5.82 Å². The molecule has 3 rings (SSSR count). The number of nitrogens with zero attached hydrogens (tertiary/aromatic N) is 4. The third kappa shape index (κ3) is 5.01. The smallest absolute Gasteiger partial charge is 0.191 e. The van der Waals surface area contributed by atoms with Crippen molar-refractivity contribution < 1.29 is 0 Å². The average molecular weight is 478 g/mol. The van der Waals surface area contributed by atoms with Crippen LogP contribution in [0.2, 0.25) is 0 Å². The van der Waals surface area contributed by atoms with E-state index in [0.29, 0.717) is 6.54 Å². The Hall–Kier alpha value is -2.08. The molecule has 0 aliphatic heterocycles. The molecule has 2 aromatic rings. The number of anilines is 1. The van der Waals surface area contributed by atoms with Crippen LogP contribution in [0.4, 0.5) is 5.82 Å². The topological polar surface area (TPSA) is 76.3 Å². The third-order valence-corrected chi connectivity index (χ3v) is 4.92. The molecule has 1 fully saturated rings. The molecule has 0 bridgehead atoms. The number of pyridine rings is 1. The molecule has 0 spiro atoms. The summed E-state index contributed by atoms with van der Waals surface area (Å²) in [5.41, 5.74) is 2.16. The highest BCUT2D eigenvalue weighted by Crippen LogP contribution is 2.25. The summed E-state index contributed by atoms with van der Waals surface area (Å²) in [4.78, 5) is 11.0. The van der Waals surface area contributed by atoms with E-state index in [-0.39, 0.29) is 35.9 Å². The molecule has 6 nitrogen and oxygen atoms in total. The van der Waals surface area contributed by atoms with Gasteiger partial charge in [-0.25, -0.2) is 4.98 Å². The van der Waals surface area contributed by atoms with Gasteiger partial charge in [0.05, 0.1) is 17.5 Å². The van der Waals surface area contributed by atoms with Crippen LogP contribution in [-0.2, 0) is 6.54 Å². The van der Waals surface area contributed by atoms with Gasteiger partial charge >= 0.3 is 0 Å². The molecule has 1 aromatic carbocycles. The molecule has 2 unspecified atom stereocenters. The number of halogens is 1. The summed E-state index contributed by atoms with van der Waals surface area (Å²) >= 11 is 0. The fraction of sp³-hybridized carbons (Fsp3) is 0.450. The number of nitrogens with one attached hydrogen (secondary N) is 2. The predicted molar refractivity (Wildman–Crippen MR) is 122 cm³/mol. The van der Waals surface area contributed by atoms with E-state index < -0.39 is 0 Å². The van der Waals surface area contributed by atoms with E-state index in [1.54, 1.807) is 7.05 Å². The van der Waals surface area contributed by atoms with Gasteiger partial charge in [-0.3, -0.25) is 4.99 Å². The molecule has 1 aliphatic rings. The monoisotopic (exact) mass is 478 g/mol. The van der Waals surface area contributed by atoms with Crippen molar-refractivity contribution in [2.24, 2.45) is 10.9 Å². The molecule has 1 aliphatic carbocycles. The summed E-state index contributed by atoms with van der Waals surface area (Å²) in [5.74, 6) is 1.74. The van der Waals surface area contributed by atoms with Gasteiger partial charge in [-0.05, 0) is 37.0 Å². The summed E-state index contributed by atoms with van der Waals surface area (Å²) in [6.45, 7) is 0.646. The number of hydrogen-bond acceptors (Lipinski definition) is 4. The molecule has 7 heteroatoms. The van der Waals surface area contributed by atoms with Crippen LogP contribution in [0.15, 0.2) is 35.3 Å². The van der Waals surface area contributed by atoms with Crippen LogP contribution in [0.5, 0.6) is 0 Å². The van der Waals surface area contributed by atoms with Crippen LogP contribution in [-0.4, -0.2) is 38.1 Å². The predicted octanol–water partition coefficient (Wildman–Crippen LogP) is 3.28. The van der Waals surface area contributed by atoms with E-state index in [9.17, 15) is 5.26 Å². The molecular formula is C20H27IN6. The van der Waals surface area contributed by atoms with Crippen molar-refractivity contribution in [3.8, 4) is 6.07 Å². The molecule has 2 atom stereocenters. The Balaban J connectivity index is 0.00000261. The van der Waals surface area contributed by atoms with Gasteiger partial charge in [0, 0.05) is 39.1 Å². The molecule has 0 radical (unpaired) electrons. The van der Waals surface area contributed by atoms with Crippen molar-refractivity contribution >= 4 is 46.7 Å². The minimum Gasteiger partial charge on any atom is -0.363 e. The Bertz CT molecular complexity index is 842. The number of aliphatic imine (C=N–C) groups is 1. The Morgan fingerprint density at radius 1 is 1.33 bits per heavy atom. The number of guanidine groups is 1. The molecule has 27 heavy (non-hydrogen) atoms. The molecule has 0 saturated heterocycles. The minimum atomic E-state index is 0. The van der Waals surface area contributed by atoms with Gasteiger partial charge in [0.15, 0.2) is 5.96 Å². The zero-order valence-electron chi connectivity index (χ0n) is 16.1. The first kappa shape index (κ1) is 21.2. The zero-order valence-corrected chi connectivity index (χ0v) is 18.4. The molecule has 2 N–H and O–H groups in total. The van der Waals surface area contributed by atoms with Gasteiger partial charge in [-0.1, -0.05) is 18.2 Å². The van der Waals surface area contributed by atoms with Gasteiger partial charge in [-0.15, -0.1) is 24.0 Å². The maximum Gasteiger partial charge on any atom is 0.191 e. The van der Waals surface area contributed by atoms with Gasteiger partial charge in [-0.2, -0.15) is 5.26 Å². The normalized spacial score (nSPS) is 19.3. The maximum atomic E-state index is 9.27. The lowest BCUT2D eigenvalue weighted by molar-refractivity contribution is 0.532. The van der Waals surface area contributed by atoms with Gasteiger partial charge in [0.25, 0.3) is 0 Å². The van der Waals surface area contributed by atoms with Crippen molar-refractivity contribution in [2.75, 3.05) is 26.0 Å². The van der Waals surface area contributed by atoms with E-state index >= 15 is 0 Å². The van der Waals surface area contributed by atoms with Crippen molar-refractivity contribution in [1.82, 2.24) is 15.6 Å². The Morgan fingerprint density at radius 2 is 2.11 bits per heavy atom. The molecule has 1 saturated carbocycles. The van der Waals surface area contributed by atoms with Crippen LogP contribution in [0.1, 0.15) is 24.8 Å². The number of hydrogen-bond donors (Lipinski definition) is 2. The summed E-state index contributed by atoms with van der Waals surface area (Å²) in [5, 5.41) is 17.2. The quantitative estimate of drug-likeness (QED) is 0.401. The fourth-order valence-corrected chi connectivity index (χ4v) is 3.44. The second-order valence-electron chi connectivity index (χ2n) is 6.89. The first-order valence-electron chi connectivity index (χ1n) is 9.05. The molecule has 144 valence electrons. The van der Waals surface area contributed by atoms with Crippen molar-refractivity contribution in [3.05, 3.63) is 35.9 Å². The standard InChI is InChI=1S/C20H26N6.HI/c1-22-20(25-17-10-6-7-14(17)12-21)23-13-15-11-19(26(2)3)24-18-9-5-4-8-16(15)18;/h4-5,8-9,11,14,17H,6-7,10,13H2,1-3H3,(H2,22,23,25);1H. The molecule has 1 heterocycles. The number of rotatable bonds is 4. The fourth-order valence-electron chi connectivity index (χ4n) is 3.44. The number of para-hydroxylation sites is 1. The van der Waals surface area contributed by atoms with Crippen molar-refractivity contribution in [3.63, 3.8) is 0 Å². The lowest BCUT2D eigenvalue weighted by atomic mass is 10.1. The first-order chi connectivity index (χ1) is 12.6. The summed E-state index contributed by atoms with van der Waals surface area (Å²) < 4.78 is 0. The largest absolute Gasteiger partial charge is 0.363 e. The lowest BCUT2D eigenvalue weighted by Gasteiger charge is -2.20. The number of aromatic nitrogens is 1. The highest BCUT2D eigenvalue weighted by molar-refractivity contribution is 14.0. The van der Waals surface area contributed by atoms with Crippen LogP contribution < -0.4 is 15.5 Å². The SMILES string of the molecule is CN=C(NCc1cc(N(C)C)nc2ccccc12)NC1CCCC1C#N.I. The Kier molecular flexibility index (Phi) is 7.66. The number of fused-ring (bicyclic) bond motifs is 1. The van der Waals surface area contributed by atoms with Crippen molar-refractivity contribution in [2.45, 2.75) is 31.8 Å². The van der Waals surface area contributed by atoms with E-state index in [4.69, 9.17) is 4.98 Å². The van der Waals surface area contributed by atoms with Crippen LogP contribution in [0, 0.1) is 17.2 Å². The van der Waals surface area contributed by atoms with Gasteiger partial charge < -0.3 is 15.5 Å². The Morgan fingerprint density at radius 3 is 2.81 bits per heavy atom. The molecule has 0 amide bonds. The lowest BCUT2D eigenvalue weighted by Crippen LogP contribution is -2.44. The van der Waals surface area contributed by atoms with E-state index in [1.807, 2.05) is 37.2 Å². The third-order valence-electron chi connectivity index (χ3n) is 4.92. The molecule has 1 aromatic heterocycles. The summed E-state index contributed by atoms with van der Waals surface area (Å²) in [6, 6.07) is 12.9. The molecular weight excluding hydrogens is 451 g/mol. The highest BCUT2D eigenvalue weighted by Gasteiger charge is 2.27. The van der Waals surface area contributed by atoms with Gasteiger partial charge in [0.2, 0.25) is 0 Å². The minimum absolute atomic E-state index is 0. The Labute approximate surface area is 178 Å². The van der Waals surface area contributed by atoms with Crippen molar-refractivity contribution in [1.29, 1.82) is 5.26 Å². The van der Waals surface area contributed by atoms with Crippen LogP contribution in [0.25, 0.3) is 10.9 Å². The van der Waals surface area contributed by atoms with E-state index in [0.717, 1.165) is 41.9 Å². The second kappa shape index (κ2) is 9.74. The average Bonchev–Trinajstić information content (AvgIpc) is 3.11. The summed E-state index contributed by atoms with van der Waals surface area (Å²) in [6.07, 6.45) is 3.07. The first-order valence-corrected chi connectivity index (χ1v) is 9.05.